The van der Waals surface area contributed by atoms with E-state index in [1.807, 2.05) is 0 Å². The maximum absolute atomic E-state index is 15.0. The van der Waals surface area contributed by atoms with Gasteiger partial charge in [0, 0.05) is 31.2 Å². The quantitative estimate of drug-likeness (QED) is 0.597. The van der Waals surface area contributed by atoms with E-state index in [0.717, 1.165) is 0 Å². The van der Waals surface area contributed by atoms with E-state index in [1.165, 1.54) is 7.11 Å². The zero-order chi connectivity index (χ0) is 18.8. The van der Waals surface area contributed by atoms with Crippen LogP contribution in [-0.4, -0.2) is 29.9 Å². The standard InChI is InChI=1S/C20H22ClF3O2/c1-26-13-2-3-15(21)14(6-13)16(25)4-5-17-7-18(22)10-19(23,8-17)12-20(24,9-17)11-18/h2-3,6H,4-5,7-12H2,1H3. The first-order valence-electron chi connectivity index (χ1n) is 9.01. The van der Waals surface area contributed by atoms with E-state index >= 15 is 13.2 Å². The lowest BCUT2D eigenvalue weighted by Gasteiger charge is -2.63. The van der Waals surface area contributed by atoms with Crippen molar-refractivity contribution >= 4 is 17.4 Å². The molecule has 2 nitrogen and oxygen atoms in total. The van der Waals surface area contributed by atoms with Crippen LogP contribution in [-0.2, 0) is 0 Å². The average molecular weight is 387 g/mol. The van der Waals surface area contributed by atoms with Gasteiger partial charge < -0.3 is 4.74 Å². The molecule has 0 atom stereocenters. The van der Waals surface area contributed by atoms with Crippen LogP contribution in [0, 0.1) is 5.41 Å². The van der Waals surface area contributed by atoms with Gasteiger partial charge in [0.1, 0.15) is 22.8 Å². The van der Waals surface area contributed by atoms with E-state index in [-0.39, 0.29) is 57.1 Å². The van der Waals surface area contributed by atoms with Crippen LogP contribution in [0.15, 0.2) is 18.2 Å². The number of hydrogen-bond acceptors (Lipinski definition) is 2. The topological polar surface area (TPSA) is 26.3 Å². The van der Waals surface area contributed by atoms with Crippen molar-refractivity contribution < 1.29 is 22.7 Å². The first-order valence-corrected chi connectivity index (χ1v) is 9.39. The van der Waals surface area contributed by atoms with Crippen molar-refractivity contribution in [1.82, 2.24) is 0 Å². The van der Waals surface area contributed by atoms with Crippen molar-refractivity contribution in [3.63, 3.8) is 0 Å². The van der Waals surface area contributed by atoms with Gasteiger partial charge in [-0.25, -0.2) is 13.2 Å². The molecule has 0 radical (unpaired) electrons. The fourth-order valence-corrected chi connectivity index (χ4v) is 6.32. The molecule has 0 aromatic heterocycles. The molecule has 1 aromatic rings. The summed E-state index contributed by atoms with van der Waals surface area (Å²) in [6.45, 7) is 0. The van der Waals surface area contributed by atoms with Crippen LogP contribution in [0.2, 0.25) is 5.02 Å². The molecule has 4 saturated carbocycles. The third-order valence-corrected chi connectivity index (χ3v) is 6.66. The fraction of sp³-hybridized carbons (Fsp3) is 0.650. The van der Waals surface area contributed by atoms with E-state index in [2.05, 4.69) is 0 Å². The van der Waals surface area contributed by atoms with Crippen LogP contribution in [0.3, 0.4) is 0 Å². The van der Waals surface area contributed by atoms with Crippen molar-refractivity contribution in [2.24, 2.45) is 5.41 Å². The molecular weight excluding hydrogens is 365 g/mol. The number of Topliss-reactive ketones (excluding diaryl/α,β-unsaturated/α-hetero) is 1. The lowest BCUT2D eigenvalue weighted by Crippen LogP contribution is -2.65. The summed E-state index contributed by atoms with van der Waals surface area (Å²) in [7, 11) is 1.50. The van der Waals surface area contributed by atoms with Gasteiger partial charge in [-0.05, 0) is 49.3 Å². The second kappa shape index (κ2) is 5.63. The third kappa shape index (κ3) is 3.02. The summed E-state index contributed by atoms with van der Waals surface area (Å²) in [6, 6.07) is 4.81. The van der Waals surface area contributed by atoms with Crippen molar-refractivity contribution in [3.8, 4) is 5.75 Å². The summed E-state index contributed by atoms with van der Waals surface area (Å²) in [5.41, 5.74) is -5.80. The van der Waals surface area contributed by atoms with Crippen LogP contribution in [0.1, 0.15) is 61.7 Å². The molecule has 142 valence electrons. The number of methoxy groups -OCH3 is 1. The number of alkyl halides is 3. The van der Waals surface area contributed by atoms with E-state index in [9.17, 15) is 4.79 Å². The number of hydrogen-bond donors (Lipinski definition) is 0. The summed E-state index contributed by atoms with van der Waals surface area (Å²) in [5.74, 6) is 0.305. The highest BCUT2D eigenvalue weighted by atomic mass is 35.5. The second-order valence-electron chi connectivity index (χ2n) is 8.78. The highest BCUT2D eigenvalue weighted by Gasteiger charge is 2.70. The molecule has 4 fully saturated rings. The zero-order valence-electron chi connectivity index (χ0n) is 14.7. The normalized spacial score (nSPS) is 40.7. The van der Waals surface area contributed by atoms with Crippen molar-refractivity contribution in [3.05, 3.63) is 28.8 Å². The van der Waals surface area contributed by atoms with E-state index in [4.69, 9.17) is 16.3 Å². The monoisotopic (exact) mass is 386 g/mol. The number of rotatable bonds is 5. The van der Waals surface area contributed by atoms with E-state index in [1.54, 1.807) is 18.2 Å². The molecule has 4 bridgehead atoms. The predicted octanol–water partition coefficient (Wildman–Crippen LogP) is 5.80. The van der Waals surface area contributed by atoms with E-state index in [0.29, 0.717) is 16.3 Å². The van der Waals surface area contributed by atoms with Crippen LogP contribution in [0.4, 0.5) is 13.2 Å². The van der Waals surface area contributed by atoms with Gasteiger partial charge in [0.25, 0.3) is 0 Å². The highest BCUT2D eigenvalue weighted by molar-refractivity contribution is 6.34. The molecule has 26 heavy (non-hydrogen) atoms. The summed E-state index contributed by atoms with van der Waals surface area (Å²) in [4.78, 5) is 12.6. The highest BCUT2D eigenvalue weighted by Crippen LogP contribution is 2.69. The molecule has 0 saturated heterocycles. The number of carbonyl (C=O) groups excluding carboxylic acids is 1. The maximum Gasteiger partial charge on any atom is 0.164 e. The van der Waals surface area contributed by atoms with Gasteiger partial charge in [0.15, 0.2) is 5.78 Å². The van der Waals surface area contributed by atoms with Crippen molar-refractivity contribution in [1.29, 1.82) is 0 Å². The Hall–Kier alpha value is -1.23. The molecule has 0 N–H and O–H groups in total. The van der Waals surface area contributed by atoms with Gasteiger partial charge in [-0.3, -0.25) is 4.79 Å². The van der Waals surface area contributed by atoms with Crippen molar-refractivity contribution in [2.75, 3.05) is 7.11 Å². The Bertz CT molecular complexity index is 712. The molecule has 1 aromatic carbocycles. The Morgan fingerprint density at radius 1 is 1.04 bits per heavy atom. The first kappa shape index (κ1) is 18.1. The molecular formula is C20H22ClF3O2. The van der Waals surface area contributed by atoms with Crippen molar-refractivity contribution in [2.45, 2.75) is 68.4 Å². The summed E-state index contributed by atoms with van der Waals surface area (Å²) >= 11 is 6.11. The number of ketones is 1. The molecule has 0 heterocycles. The molecule has 4 aliphatic rings. The number of carbonyl (C=O) groups is 1. The Balaban J connectivity index is 1.54. The lowest BCUT2D eigenvalue weighted by atomic mass is 9.45. The minimum atomic E-state index is -1.78. The lowest BCUT2D eigenvalue weighted by molar-refractivity contribution is -0.217. The fourth-order valence-electron chi connectivity index (χ4n) is 6.09. The summed E-state index contributed by atoms with van der Waals surface area (Å²) in [5, 5.41) is 0.312. The number of benzene rings is 1. The van der Waals surface area contributed by atoms with Crippen LogP contribution in [0.5, 0.6) is 5.75 Å². The first-order chi connectivity index (χ1) is 12.1. The van der Waals surface area contributed by atoms with Crippen LogP contribution >= 0.6 is 11.6 Å². The predicted molar refractivity (Wildman–Crippen MR) is 93.2 cm³/mol. The minimum Gasteiger partial charge on any atom is -0.497 e. The largest absolute Gasteiger partial charge is 0.497 e. The molecule has 6 heteroatoms. The number of ether oxygens (including phenoxy) is 1. The smallest absolute Gasteiger partial charge is 0.164 e. The van der Waals surface area contributed by atoms with Crippen LogP contribution in [0.25, 0.3) is 0 Å². The zero-order valence-corrected chi connectivity index (χ0v) is 15.5. The molecule has 0 spiro atoms. The van der Waals surface area contributed by atoms with Gasteiger partial charge >= 0.3 is 0 Å². The SMILES string of the molecule is COc1ccc(Cl)c(C(=O)CCC23CC4(F)CC(F)(CC(F)(C4)C2)C3)c1. The van der Waals surface area contributed by atoms with Crippen LogP contribution < -0.4 is 4.74 Å². The molecule has 0 unspecified atom stereocenters. The summed E-state index contributed by atoms with van der Waals surface area (Å²) < 4.78 is 50.2. The van der Waals surface area contributed by atoms with E-state index < -0.39 is 22.4 Å². The molecule has 4 aliphatic carbocycles. The Labute approximate surface area is 156 Å². The Morgan fingerprint density at radius 3 is 2.08 bits per heavy atom. The molecule has 5 rings (SSSR count). The maximum atomic E-state index is 15.0. The third-order valence-electron chi connectivity index (χ3n) is 6.33. The molecule has 0 aliphatic heterocycles. The van der Waals surface area contributed by atoms with Gasteiger partial charge in [-0.1, -0.05) is 11.6 Å². The second-order valence-corrected chi connectivity index (χ2v) is 9.19. The van der Waals surface area contributed by atoms with Gasteiger partial charge in [0.05, 0.1) is 12.1 Å². The Morgan fingerprint density at radius 2 is 1.58 bits per heavy atom. The Kier molecular flexibility index (Phi) is 3.93. The summed E-state index contributed by atoms with van der Waals surface area (Å²) in [6.07, 6.45) is 0.204. The average Bonchev–Trinajstić information content (AvgIpc) is 2.48. The van der Waals surface area contributed by atoms with Gasteiger partial charge in [0.2, 0.25) is 0 Å². The van der Waals surface area contributed by atoms with Gasteiger partial charge in [-0.15, -0.1) is 0 Å². The van der Waals surface area contributed by atoms with Gasteiger partial charge in [-0.2, -0.15) is 0 Å². The number of halogens is 4. The minimum absolute atomic E-state index is 0.0924. The molecule has 0 amide bonds.